The number of nitrogen functional groups attached to an aromatic ring is 1. The summed E-state index contributed by atoms with van der Waals surface area (Å²) in [5, 5.41) is 4.12. The number of rotatable bonds is 4. The number of benzene rings is 1. The third kappa shape index (κ3) is 3.44. The topological polar surface area (TPSA) is 64.9 Å². The van der Waals surface area contributed by atoms with Gasteiger partial charge >= 0.3 is 0 Å². The Morgan fingerprint density at radius 3 is 2.67 bits per heavy atom. The largest absolute Gasteiger partial charge is 0.384 e. The molecule has 0 unspecified atom stereocenters. The van der Waals surface area contributed by atoms with Gasteiger partial charge < -0.3 is 10.3 Å². The highest BCUT2D eigenvalue weighted by molar-refractivity contribution is 7.98. The van der Waals surface area contributed by atoms with E-state index in [0.717, 1.165) is 21.9 Å². The number of pyridine rings is 1. The van der Waals surface area contributed by atoms with Gasteiger partial charge in [-0.1, -0.05) is 35.0 Å². The lowest BCUT2D eigenvalue weighted by Gasteiger charge is -1.98. The first-order valence-corrected chi connectivity index (χ1v) is 7.56. The van der Waals surface area contributed by atoms with E-state index in [2.05, 4.69) is 29.2 Å². The molecule has 0 amide bonds. The van der Waals surface area contributed by atoms with Gasteiger partial charge in [0.1, 0.15) is 17.3 Å². The summed E-state index contributed by atoms with van der Waals surface area (Å²) in [6.45, 7) is 2.06. The first kappa shape index (κ1) is 13.7. The fourth-order valence-electron chi connectivity index (χ4n) is 1.87. The van der Waals surface area contributed by atoms with Crippen LogP contribution in [0.25, 0.3) is 11.3 Å². The van der Waals surface area contributed by atoms with Crippen LogP contribution in [-0.2, 0) is 5.75 Å². The number of hydrogen-bond acceptors (Lipinski definition) is 5. The molecule has 0 fully saturated rings. The predicted octanol–water partition coefficient (Wildman–Crippen LogP) is 3.92. The van der Waals surface area contributed by atoms with E-state index in [1.807, 2.05) is 24.3 Å². The van der Waals surface area contributed by atoms with Crippen LogP contribution in [0.4, 0.5) is 5.82 Å². The number of anilines is 1. The summed E-state index contributed by atoms with van der Waals surface area (Å²) in [4.78, 5) is 5.12. The molecule has 0 atom stereocenters. The molecule has 0 aliphatic rings. The van der Waals surface area contributed by atoms with Crippen molar-refractivity contribution in [2.24, 2.45) is 0 Å². The summed E-state index contributed by atoms with van der Waals surface area (Å²) in [5.74, 6) is 2.08. The lowest BCUT2D eigenvalue weighted by molar-refractivity contribution is 0.397. The smallest absolute Gasteiger partial charge is 0.147 e. The second kappa shape index (κ2) is 6.01. The number of nitrogens with two attached hydrogens (primary N) is 1. The zero-order valence-corrected chi connectivity index (χ0v) is 12.4. The molecular formula is C16H15N3OS. The van der Waals surface area contributed by atoms with Crippen LogP contribution >= 0.6 is 11.8 Å². The number of hydrogen-bond donors (Lipinski definition) is 1. The summed E-state index contributed by atoms with van der Waals surface area (Å²) in [6, 6.07) is 14.0. The lowest BCUT2D eigenvalue weighted by Crippen LogP contribution is -1.88. The molecule has 106 valence electrons. The highest BCUT2D eigenvalue weighted by Gasteiger charge is 2.07. The summed E-state index contributed by atoms with van der Waals surface area (Å²) < 4.78 is 5.38. The molecule has 2 heterocycles. The van der Waals surface area contributed by atoms with E-state index < -0.39 is 0 Å². The van der Waals surface area contributed by atoms with Crippen molar-refractivity contribution < 1.29 is 4.52 Å². The molecule has 5 heteroatoms. The molecular weight excluding hydrogens is 282 g/mol. The maximum absolute atomic E-state index is 5.56. The van der Waals surface area contributed by atoms with Crippen LogP contribution in [-0.4, -0.2) is 10.1 Å². The van der Waals surface area contributed by atoms with Crippen LogP contribution in [0, 0.1) is 6.92 Å². The van der Waals surface area contributed by atoms with E-state index >= 15 is 0 Å². The van der Waals surface area contributed by atoms with E-state index in [1.54, 1.807) is 24.0 Å². The van der Waals surface area contributed by atoms with Crippen LogP contribution < -0.4 is 5.73 Å². The Morgan fingerprint density at radius 2 is 1.95 bits per heavy atom. The van der Waals surface area contributed by atoms with Crippen LogP contribution in [0.5, 0.6) is 0 Å². The number of aryl methyl sites for hydroxylation is 1. The summed E-state index contributed by atoms with van der Waals surface area (Å²) >= 11 is 1.64. The summed E-state index contributed by atoms with van der Waals surface area (Å²) in [5.41, 5.74) is 8.72. The molecule has 0 bridgehead atoms. The minimum Gasteiger partial charge on any atom is -0.384 e. The second-order valence-electron chi connectivity index (χ2n) is 4.75. The van der Waals surface area contributed by atoms with E-state index in [1.165, 1.54) is 5.56 Å². The lowest BCUT2D eigenvalue weighted by atomic mass is 10.1. The first-order chi connectivity index (χ1) is 10.2. The van der Waals surface area contributed by atoms with Gasteiger partial charge in [-0.15, -0.1) is 11.8 Å². The first-order valence-electron chi connectivity index (χ1n) is 6.58. The quantitative estimate of drug-likeness (QED) is 0.739. The average Bonchev–Trinajstić information content (AvgIpc) is 2.96. The molecule has 0 aliphatic heterocycles. The Morgan fingerprint density at radius 1 is 1.14 bits per heavy atom. The third-order valence-electron chi connectivity index (χ3n) is 3.05. The molecule has 1 aromatic carbocycles. The fraction of sp³-hybridized carbons (Fsp3) is 0.125. The van der Waals surface area contributed by atoms with Crippen LogP contribution in [0.3, 0.4) is 0 Å². The van der Waals surface area contributed by atoms with Crippen LogP contribution in [0.1, 0.15) is 11.3 Å². The Kier molecular flexibility index (Phi) is 3.92. The van der Waals surface area contributed by atoms with E-state index in [9.17, 15) is 0 Å². The van der Waals surface area contributed by atoms with E-state index in [-0.39, 0.29) is 0 Å². The van der Waals surface area contributed by atoms with Crippen LogP contribution in [0.2, 0.25) is 0 Å². The summed E-state index contributed by atoms with van der Waals surface area (Å²) in [7, 11) is 0. The maximum atomic E-state index is 5.56. The molecule has 0 saturated carbocycles. The average molecular weight is 297 g/mol. The molecule has 21 heavy (non-hydrogen) atoms. The Balaban J connectivity index is 1.67. The number of nitrogens with zero attached hydrogens (tertiary/aromatic N) is 2. The van der Waals surface area contributed by atoms with Gasteiger partial charge in [0, 0.05) is 22.7 Å². The van der Waals surface area contributed by atoms with Gasteiger partial charge in [0.15, 0.2) is 0 Å². The van der Waals surface area contributed by atoms with Gasteiger partial charge in [-0.3, -0.25) is 0 Å². The SMILES string of the molecule is Cc1ccc(-c2cc(CSc3ccc(N)nc3)on2)cc1. The highest BCUT2D eigenvalue weighted by atomic mass is 32.2. The van der Waals surface area contributed by atoms with Gasteiger partial charge in [0.05, 0.1) is 5.75 Å². The third-order valence-corrected chi connectivity index (χ3v) is 4.05. The number of thioether (sulfide) groups is 1. The Bertz CT molecular complexity index is 720. The monoisotopic (exact) mass is 297 g/mol. The van der Waals surface area contributed by atoms with Crippen molar-refractivity contribution in [1.29, 1.82) is 0 Å². The van der Waals surface area contributed by atoms with Gasteiger partial charge in [0.2, 0.25) is 0 Å². The van der Waals surface area contributed by atoms with Crippen molar-refractivity contribution in [3.05, 3.63) is 60.0 Å². The van der Waals surface area contributed by atoms with Crippen LogP contribution in [0.15, 0.2) is 58.1 Å². The van der Waals surface area contributed by atoms with Crippen molar-refractivity contribution in [3.8, 4) is 11.3 Å². The maximum Gasteiger partial charge on any atom is 0.147 e. The molecule has 0 saturated heterocycles. The fourth-order valence-corrected chi connectivity index (χ4v) is 2.61. The van der Waals surface area contributed by atoms with Crippen molar-refractivity contribution in [1.82, 2.24) is 10.1 Å². The Hall–Kier alpha value is -2.27. The molecule has 2 N–H and O–H groups in total. The van der Waals surface area contributed by atoms with Crippen molar-refractivity contribution in [3.63, 3.8) is 0 Å². The van der Waals surface area contributed by atoms with Crippen molar-refractivity contribution >= 4 is 17.6 Å². The highest BCUT2D eigenvalue weighted by Crippen LogP contribution is 2.25. The molecule has 0 radical (unpaired) electrons. The van der Waals surface area contributed by atoms with Gasteiger partial charge in [-0.25, -0.2) is 4.98 Å². The molecule has 0 spiro atoms. The zero-order valence-electron chi connectivity index (χ0n) is 11.6. The standard InChI is InChI=1S/C16H15N3OS/c1-11-2-4-12(5-3-11)15-8-13(20-19-15)10-21-14-6-7-16(17)18-9-14/h2-9H,10H2,1H3,(H2,17,18). The molecule has 3 rings (SSSR count). The molecule has 2 aromatic heterocycles. The van der Waals surface area contributed by atoms with Gasteiger partial charge in [-0.05, 0) is 19.1 Å². The molecule has 4 nitrogen and oxygen atoms in total. The number of aromatic nitrogens is 2. The van der Waals surface area contributed by atoms with Crippen molar-refractivity contribution in [2.75, 3.05) is 5.73 Å². The van der Waals surface area contributed by atoms with Crippen molar-refractivity contribution in [2.45, 2.75) is 17.6 Å². The minimum absolute atomic E-state index is 0.528. The van der Waals surface area contributed by atoms with E-state index in [4.69, 9.17) is 10.3 Å². The van der Waals surface area contributed by atoms with Gasteiger partial charge in [-0.2, -0.15) is 0 Å². The normalized spacial score (nSPS) is 10.7. The summed E-state index contributed by atoms with van der Waals surface area (Å²) in [6.07, 6.45) is 1.76. The second-order valence-corrected chi connectivity index (χ2v) is 5.80. The zero-order chi connectivity index (χ0) is 14.7. The minimum atomic E-state index is 0.528. The van der Waals surface area contributed by atoms with Gasteiger partial charge in [0.25, 0.3) is 0 Å². The molecule has 3 aromatic rings. The molecule has 0 aliphatic carbocycles. The Labute approximate surface area is 127 Å². The predicted molar refractivity (Wildman–Crippen MR) is 84.9 cm³/mol. The van der Waals surface area contributed by atoms with E-state index in [0.29, 0.717) is 11.6 Å².